The van der Waals surface area contributed by atoms with Gasteiger partial charge in [-0.05, 0) is 26.9 Å². The average molecular weight is 280 g/mol. The molecule has 0 aromatic carbocycles. The molecule has 0 bridgehead atoms. The second kappa shape index (κ2) is 7.43. The Bertz CT molecular complexity index is 324. The summed E-state index contributed by atoms with van der Waals surface area (Å²) in [7, 11) is -3.09. The van der Waals surface area contributed by atoms with Crippen molar-refractivity contribution in [3.8, 4) is 0 Å². The van der Waals surface area contributed by atoms with Gasteiger partial charge in [-0.15, -0.1) is 0 Å². The predicted molar refractivity (Wildman–Crippen MR) is 75.6 cm³/mol. The summed E-state index contributed by atoms with van der Waals surface area (Å²) < 4.78 is 22.2. The summed E-state index contributed by atoms with van der Waals surface area (Å²) in [5.74, 6) is 0. The van der Waals surface area contributed by atoms with Crippen LogP contribution in [0.2, 0.25) is 0 Å². The lowest BCUT2D eigenvalue weighted by molar-refractivity contribution is 0.116. The molecule has 0 aromatic heterocycles. The Hall–Kier alpha value is -0.170. The summed E-state index contributed by atoms with van der Waals surface area (Å²) in [6.45, 7) is 10.7. The molecule has 1 unspecified atom stereocenters. The molecule has 0 aliphatic rings. The van der Waals surface area contributed by atoms with Crippen molar-refractivity contribution in [2.24, 2.45) is 0 Å². The van der Waals surface area contributed by atoms with Crippen LogP contribution in [0.3, 0.4) is 0 Å². The zero-order valence-corrected chi connectivity index (χ0v) is 13.0. The maximum Gasteiger partial charge on any atom is 0.153 e. The molecule has 0 fully saturated rings. The van der Waals surface area contributed by atoms with E-state index in [9.17, 15) is 13.5 Å². The molecule has 6 heteroatoms. The average Bonchev–Trinajstić information content (AvgIpc) is 2.24. The normalized spacial score (nSPS) is 15.1. The fraction of sp³-hybridized carbons (Fsp3) is 1.00. The third-order valence-corrected chi connectivity index (χ3v) is 5.45. The van der Waals surface area contributed by atoms with Crippen molar-refractivity contribution in [3.05, 3.63) is 0 Å². The molecule has 0 radical (unpaired) electrons. The molecule has 2 N–H and O–H groups in total. The van der Waals surface area contributed by atoms with Gasteiger partial charge < -0.3 is 15.3 Å². The van der Waals surface area contributed by atoms with Crippen LogP contribution in [0.5, 0.6) is 0 Å². The second-order valence-electron chi connectivity index (χ2n) is 5.30. The van der Waals surface area contributed by atoms with Gasteiger partial charge in [0.2, 0.25) is 0 Å². The van der Waals surface area contributed by atoms with Gasteiger partial charge in [-0.2, -0.15) is 0 Å². The van der Waals surface area contributed by atoms with Gasteiger partial charge in [-0.1, -0.05) is 13.8 Å². The lowest BCUT2D eigenvalue weighted by Gasteiger charge is -2.25. The van der Waals surface area contributed by atoms with Crippen LogP contribution in [-0.2, 0) is 9.84 Å². The van der Waals surface area contributed by atoms with E-state index in [1.54, 1.807) is 13.8 Å². The third-order valence-electron chi connectivity index (χ3n) is 3.30. The number of hydrogen-bond donors (Lipinski definition) is 2. The van der Waals surface area contributed by atoms with Gasteiger partial charge in [0, 0.05) is 25.9 Å². The van der Waals surface area contributed by atoms with Crippen LogP contribution in [0, 0.1) is 0 Å². The second-order valence-corrected chi connectivity index (χ2v) is 7.95. The van der Waals surface area contributed by atoms with Crippen LogP contribution in [0.4, 0.5) is 0 Å². The minimum Gasteiger partial charge on any atom is -0.390 e. The van der Waals surface area contributed by atoms with Gasteiger partial charge in [0.05, 0.1) is 10.9 Å². The molecule has 0 aromatic rings. The molecule has 0 amide bonds. The van der Waals surface area contributed by atoms with E-state index in [2.05, 4.69) is 24.1 Å². The van der Waals surface area contributed by atoms with Crippen LogP contribution >= 0.6 is 0 Å². The first-order chi connectivity index (χ1) is 8.14. The van der Waals surface area contributed by atoms with Crippen molar-refractivity contribution in [3.63, 3.8) is 0 Å². The molecule has 5 nitrogen and oxygen atoms in total. The number of nitrogens with zero attached hydrogens (tertiary/aromatic N) is 1. The molecular weight excluding hydrogens is 252 g/mol. The van der Waals surface area contributed by atoms with Gasteiger partial charge in [-0.3, -0.25) is 0 Å². The largest absolute Gasteiger partial charge is 0.390 e. The van der Waals surface area contributed by atoms with Crippen molar-refractivity contribution in [2.75, 3.05) is 39.0 Å². The van der Waals surface area contributed by atoms with Gasteiger partial charge >= 0.3 is 0 Å². The Morgan fingerprint density at radius 2 is 1.78 bits per heavy atom. The molecule has 0 spiro atoms. The lowest BCUT2D eigenvalue weighted by atomic mass is 10.2. The maximum absolute atomic E-state index is 11.5. The Morgan fingerprint density at radius 3 is 2.17 bits per heavy atom. The fourth-order valence-corrected chi connectivity index (χ4v) is 1.88. The van der Waals surface area contributed by atoms with E-state index in [0.29, 0.717) is 19.6 Å². The quantitative estimate of drug-likeness (QED) is 0.627. The van der Waals surface area contributed by atoms with Crippen molar-refractivity contribution in [1.82, 2.24) is 10.2 Å². The summed E-state index contributed by atoms with van der Waals surface area (Å²) in [6, 6.07) is 0. The van der Waals surface area contributed by atoms with Crippen LogP contribution in [0.1, 0.15) is 27.7 Å². The Kier molecular flexibility index (Phi) is 7.36. The zero-order chi connectivity index (χ0) is 14.4. The van der Waals surface area contributed by atoms with Gasteiger partial charge in [0.1, 0.15) is 0 Å². The van der Waals surface area contributed by atoms with Crippen LogP contribution < -0.4 is 5.32 Å². The fourth-order valence-electron chi connectivity index (χ4n) is 1.52. The Morgan fingerprint density at radius 1 is 1.28 bits per heavy atom. The molecule has 0 aliphatic carbocycles. The summed E-state index contributed by atoms with van der Waals surface area (Å²) in [5.41, 5.74) is 0. The number of nitrogens with one attached hydrogen (secondary N) is 1. The lowest BCUT2D eigenvalue weighted by Crippen LogP contribution is -2.45. The van der Waals surface area contributed by atoms with E-state index in [-0.39, 0.29) is 0 Å². The Balaban J connectivity index is 4.05. The monoisotopic (exact) mass is 280 g/mol. The van der Waals surface area contributed by atoms with Gasteiger partial charge in [0.25, 0.3) is 0 Å². The van der Waals surface area contributed by atoms with E-state index in [0.717, 1.165) is 13.1 Å². The molecule has 0 saturated carbocycles. The first kappa shape index (κ1) is 17.8. The third kappa shape index (κ3) is 6.13. The van der Waals surface area contributed by atoms with Crippen molar-refractivity contribution in [2.45, 2.75) is 38.5 Å². The van der Waals surface area contributed by atoms with Crippen molar-refractivity contribution >= 4 is 9.84 Å². The highest BCUT2D eigenvalue weighted by atomic mass is 32.2. The number of aliphatic hydroxyl groups is 1. The highest BCUT2D eigenvalue weighted by Crippen LogP contribution is 2.13. The van der Waals surface area contributed by atoms with E-state index in [1.165, 1.54) is 6.26 Å². The summed E-state index contributed by atoms with van der Waals surface area (Å²) in [4.78, 5) is 2.13. The van der Waals surface area contributed by atoms with E-state index in [1.807, 2.05) is 0 Å². The van der Waals surface area contributed by atoms with Crippen LogP contribution in [-0.4, -0.2) is 68.3 Å². The topological polar surface area (TPSA) is 69.6 Å². The molecular formula is C12H28N2O3S. The van der Waals surface area contributed by atoms with Gasteiger partial charge in [-0.25, -0.2) is 8.42 Å². The smallest absolute Gasteiger partial charge is 0.153 e. The van der Waals surface area contributed by atoms with Crippen LogP contribution in [0.15, 0.2) is 0 Å². The maximum atomic E-state index is 11.5. The minimum atomic E-state index is -3.09. The first-order valence-electron chi connectivity index (χ1n) is 6.44. The highest BCUT2D eigenvalue weighted by molar-refractivity contribution is 7.92. The predicted octanol–water partition coefficient (Wildman–Crippen LogP) is 0.102. The Labute approximate surface area is 111 Å². The molecule has 110 valence electrons. The number of hydrogen-bond acceptors (Lipinski definition) is 5. The minimum absolute atomic E-state index is 0.348. The first-order valence-corrected chi connectivity index (χ1v) is 8.34. The summed E-state index contributed by atoms with van der Waals surface area (Å²) in [5, 5.41) is 12.9. The molecule has 0 heterocycles. The standard InChI is InChI=1S/C12H28N2O3S/c1-6-14(7-2)9-11(15)8-13-10-12(3,4)18(5,16)17/h11,13,15H,6-10H2,1-5H3. The molecule has 0 aliphatic heterocycles. The van der Waals surface area contributed by atoms with E-state index >= 15 is 0 Å². The number of sulfone groups is 1. The molecule has 0 saturated heterocycles. The van der Waals surface area contributed by atoms with E-state index < -0.39 is 20.7 Å². The number of likely N-dealkylation sites (N-methyl/N-ethyl adjacent to an activating group) is 1. The number of rotatable bonds is 9. The zero-order valence-electron chi connectivity index (χ0n) is 12.2. The molecule has 18 heavy (non-hydrogen) atoms. The molecule has 0 rings (SSSR count). The highest BCUT2D eigenvalue weighted by Gasteiger charge is 2.29. The number of aliphatic hydroxyl groups excluding tert-OH is 1. The van der Waals surface area contributed by atoms with Crippen molar-refractivity contribution < 1.29 is 13.5 Å². The molecule has 1 atom stereocenters. The van der Waals surface area contributed by atoms with E-state index in [4.69, 9.17) is 0 Å². The van der Waals surface area contributed by atoms with Crippen LogP contribution in [0.25, 0.3) is 0 Å². The SMILES string of the molecule is CCN(CC)CC(O)CNCC(C)(C)S(C)(=O)=O. The summed E-state index contributed by atoms with van der Waals surface area (Å²) in [6.07, 6.45) is 0.765. The summed E-state index contributed by atoms with van der Waals surface area (Å²) >= 11 is 0. The van der Waals surface area contributed by atoms with Gasteiger partial charge in [0.15, 0.2) is 9.84 Å². The van der Waals surface area contributed by atoms with Crippen molar-refractivity contribution in [1.29, 1.82) is 0 Å².